The van der Waals surface area contributed by atoms with Crippen LogP contribution >= 0.6 is 0 Å². The zero-order valence-corrected chi connectivity index (χ0v) is 31.9. The Morgan fingerprint density at radius 3 is 0.612 bits per heavy atom. The fourth-order valence-corrected chi connectivity index (χ4v) is 6.39. The summed E-state index contributed by atoms with van der Waals surface area (Å²) in [5.74, 6) is -0.752. The number of hydrogen-bond acceptors (Lipinski definition) is 16. The Balaban J connectivity index is 0.000000623. The van der Waals surface area contributed by atoms with E-state index in [0.29, 0.717) is 0 Å². The molecule has 0 heterocycles. The van der Waals surface area contributed by atoms with Crippen molar-refractivity contribution in [2.24, 2.45) is 0 Å². The molecule has 0 amide bonds. The minimum atomic E-state index is -4.47. The molecule has 0 atom stereocenters. The Kier molecular flexibility index (Phi) is 16.7. The van der Waals surface area contributed by atoms with Crippen molar-refractivity contribution in [1.82, 2.24) is 0 Å². The molecular formula is C28H28O16S4Sn. The Morgan fingerprint density at radius 2 is 0.510 bits per heavy atom. The molecule has 0 saturated heterocycles. The standard InChI is InChI=1S/4C7H8O4S.Sn/c4*1-5-6(8)3-2-4-7(5)12(9,10)11;/h4*2-4,8H,1H3,(H,9,10,11);/q;;;;+4/p-4. The van der Waals surface area contributed by atoms with E-state index < -0.39 is 40.5 Å². The first-order valence-corrected chi connectivity index (χ1v) is 18.3. The van der Waals surface area contributed by atoms with E-state index in [-0.39, 0.29) is 88.7 Å². The van der Waals surface area contributed by atoms with E-state index in [2.05, 4.69) is 0 Å². The molecule has 16 nitrogen and oxygen atoms in total. The van der Waals surface area contributed by atoms with E-state index in [1.54, 1.807) is 0 Å². The Bertz CT molecular complexity index is 1900. The molecule has 0 aliphatic rings. The van der Waals surface area contributed by atoms with Crippen molar-refractivity contribution < 1.29 is 72.3 Å². The smallest absolute Gasteiger partial charge is 0.744 e. The van der Waals surface area contributed by atoms with Gasteiger partial charge in [-0.1, -0.05) is 24.3 Å². The number of hydrogen-bond donors (Lipinski definition) is 4. The van der Waals surface area contributed by atoms with Crippen LogP contribution in [-0.2, 0) is 40.5 Å². The molecule has 0 unspecified atom stereocenters. The van der Waals surface area contributed by atoms with Crippen LogP contribution in [0.15, 0.2) is 92.4 Å². The van der Waals surface area contributed by atoms with Gasteiger partial charge in [-0.3, -0.25) is 0 Å². The molecule has 21 heteroatoms. The van der Waals surface area contributed by atoms with Crippen LogP contribution in [-0.4, -0.2) is 96.2 Å². The minimum Gasteiger partial charge on any atom is -0.744 e. The third kappa shape index (κ3) is 13.7. The first-order chi connectivity index (χ1) is 21.7. The number of phenolic OH excluding ortho intramolecular Hbond substituents is 4. The fraction of sp³-hybridized carbons (Fsp3) is 0.143. The van der Waals surface area contributed by atoms with Crippen LogP contribution in [0.3, 0.4) is 0 Å². The molecule has 49 heavy (non-hydrogen) atoms. The molecular weight excluding hydrogens is 839 g/mol. The summed E-state index contributed by atoms with van der Waals surface area (Å²) < 4.78 is 126. The molecule has 0 radical (unpaired) electrons. The quantitative estimate of drug-likeness (QED) is 0.168. The van der Waals surface area contributed by atoms with E-state index in [9.17, 15) is 51.9 Å². The van der Waals surface area contributed by atoms with Crippen molar-refractivity contribution in [3.8, 4) is 23.0 Å². The molecule has 0 aliphatic carbocycles. The van der Waals surface area contributed by atoms with Crippen LogP contribution in [0.4, 0.5) is 0 Å². The van der Waals surface area contributed by atoms with Crippen molar-refractivity contribution in [3.63, 3.8) is 0 Å². The molecule has 4 N–H and O–H groups in total. The molecule has 0 aliphatic heterocycles. The maximum absolute atomic E-state index is 10.5. The summed E-state index contributed by atoms with van der Waals surface area (Å²) in [6.07, 6.45) is 0. The first kappa shape index (κ1) is 45.5. The summed E-state index contributed by atoms with van der Waals surface area (Å²) in [4.78, 5) is -1.49. The third-order valence-corrected chi connectivity index (χ3v) is 10.0. The normalized spacial score (nSPS) is 11.3. The van der Waals surface area contributed by atoms with Gasteiger partial charge in [-0.05, 0) is 76.2 Å². The molecule has 0 bridgehead atoms. The number of aromatic hydroxyl groups is 4. The van der Waals surface area contributed by atoms with Gasteiger partial charge in [0, 0.05) is 22.3 Å². The number of benzene rings is 4. The van der Waals surface area contributed by atoms with Gasteiger partial charge in [0.2, 0.25) is 0 Å². The van der Waals surface area contributed by atoms with Crippen molar-refractivity contribution in [3.05, 3.63) is 95.1 Å². The third-order valence-electron chi connectivity index (χ3n) is 6.10. The second kappa shape index (κ2) is 18.0. The number of rotatable bonds is 4. The molecule has 0 aromatic heterocycles. The molecule has 0 saturated carbocycles. The molecule has 0 fully saturated rings. The van der Waals surface area contributed by atoms with Crippen molar-refractivity contribution >= 4 is 64.4 Å². The Hall–Kier alpha value is -3.48. The maximum atomic E-state index is 10.5. The maximum Gasteiger partial charge on any atom is 4.00 e. The van der Waals surface area contributed by atoms with Gasteiger partial charge in [-0.25, -0.2) is 33.7 Å². The number of phenols is 4. The van der Waals surface area contributed by atoms with Gasteiger partial charge in [0.1, 0.15) is 63.5 Å². The second-order valence-corrected chi connectivity index (χ2v) is 14.8. The fourth-order valence-electron chi connectivity index (χ4n) is 3.49. The minimum absolute atomic E-state index is 0. The summed E-state index contributed by atoms with van der Waals surface area (Å²) in [7, 11) is -17.9. The van der Waals surface area contributed by atoms with Gasteiger partial charge in [-0.2, -0.15) is 0 Å². The van der Waals surface area contributed by atoms with E-state index in [4.69, 9.17) is 20.4 Å². The first-order valence-electron chi connectivity index (χ1n) is 12.7. The molecule has 264 valence electrons. The van der Waals surface area contributed by atoms with Gasteiger partial charge in [0.05, 0.1) is 19.6 Å². The largest absolute Gasteiger partial charge is 4.00 e. The van der Waals surface area contributed by atoms with E-state index in [1.165, 1.54) is 76.2 Å². The van der Waals surface area contributed by atoms with Gasteiger partial charge in [0.25, 0.3) is 0 Å². The molecule has 4 aromatic carbocycles. The Morgan fingerprint density at radius 1 is 0.367 bits per heavy atom. The van der Waals surface area contributed by atoms with Gasteiger partial charge in [-0.15, -0.1) is 0 Å². The zero-order valence-electron chi connectivity index (χ0n) is 25.7. The van der Waals surface area contributed by atoms with Crippen molar-refractivity contribution in [2.75, 3.05) is 0 Å². The Labute approximate surface area is 300 Å². The summed E-state index contributed by atoms with van der Waals surface area (Å²) in [5.41, 5.74) is 0.361. The topological polar surface area (TPSA) is 310 Å². The summed E-state index contributed by atoms with van der Waals surface area (Å²) >= 11 is 0. The average molecular weight is 867 g/mol. The van der Waals surface area contributed by atoms with Crippen LogP contribution in [0.5, 0.6) is 23.0 Å². The van der Waals surface area contributed by atoms with Crippen LogP contribution in [0, 0.1) is 27.7 Å². The predicted octanol–water partition coefficient (Wildman–Crippen LogP) is 2.04. The van der Waals surface area contributed by atoms with Gasteiger partial charge >= 0.3 is 23.9 Å². The summed E-state index contributed by atoms with van der Waals surface area (Å²) in [6.45, 7) is 5.50. The molecule has 0 spiro atoms. The zero-order chi connectivity index (χ0) is 37.4. The molecule has 4 aromatic rings. The predicted molar refractivity (Wildman–Crippen MR) is 169 cm³/mol. The SMILES string of the molecule is Cc1c(O)cccc1S(=O)(=O)[O-].Cc1c(O)cccc1S(=O)(=O)[O-].Cc1c(O)cccc1S(=O)(=O)[O-].Cc1c(O)cccc1S(=O)(=O)[O-].[Sn+4]. The summed E-state index contributed by atoms with van der Waals surface area (Å²) in [6, 6.07) is 15.2. The van der Waals surface area contributed by atoms with Gasteiger partial charge < -0.3 is 38.6 Å². The van der Waals surface area contributed by atoms with Crippen molar-refractivity contribution in [2.45, 2.75) is 47.3 Å². The monoisotopic (exact) mass is 868 g/mol. The van der Waals surface area contributed by atoms with Crippen LogP contribution in [0.2, 0.25) is 0 Å². The van der Waals surface area contributed by atoms with E-state index in [0.717, 1.165) is 24.3 Å². The van der Waals surface area contributed by atoms with E-state index in [1.807, 2.05) is 0 Å². The second-order valence-electron chi connectivity index (χ2n) is 9.42. The van der Waals surface area contributed by atoms with Crippen LogP contribution < -0.4 is 0 Å². The summed E-state index contributed by atoms with van der Waals surface area (Å²) in [5, 5.41) is 36.2. The van der Waals surface area contributed by atoms with Crippen LogP contribution in [0.1, 0.15) is 22.3 Å². The average Bonchev–Trinajstić information content (AvgIpc) is 2.93. The molecule has 4 rings (SSSR count). The van der Waals surface area contributed by atoms with E-state index >= 15 is 0 Å². The van der Waals surface area contributed by atoms with Crippen LogP contribution in [0.25, 0.3) is 0 Å². The van der Waals surface area contributed by atoms with Crippen molar-refractivity contribution in [1.29, 1.82) is 0 Å². The van der Waals surface area contributed by atoms with Gasteiger partial charge in [0.15, 0.2) is 0 Å².